The summed E-state index contributed by atoms with van der Waals surface area (Å²) in [5, 5.41) is 11.1. The highest BCUT2D eigenvalue weighted by Crippen LogP contribution is 2.53. The van der Waals surface area contributed by atoms with Crippen molar-refractivity contribution in [1.29, 1.82) is 0 Å². The standard InChI is InChI=1S/C16H15NO6/c1-15(2)11(18)6-9-14(19)17(3)12-8(16(9,20)23-15)4-5-10-13(12)22-7-21-10/h4-6,20H,7H2,1-3H3. The Hall–Kier alpha value is -2.38. The van der Waals surface area contributed by atoms with Crippen LogP contribution in [0.4, 0.5) is 5.69 Å². The number of anilines is 1. The van der Waals surface area contributed by atoms with Crippen molar-refractivity contribution in [1.82, 2.24) is 0 Å². The number of carbonyl (C=O) groups is 2. The van der Waals surface area contributed by atoms with E-state index in [4.69, 9.17) is 14.2 Å². The van der Waals surface area contributed by atoms with Crippen LogP contribution >= 0.6 is 0 Å². The fourth-order valence-corrected chi connectivity index (χ4v) is 3.13. The molecule has 120 valence electrons. The van der Waals surface area contributed by atoms with Crippen LogP contribution in [0.25, 0.3) is 0 Å². The summed E-state index contributed by atoms with van der Waals surface area (Å²) in [4.78, 5) is 26.1. The first-order chi connectivity index (χ1) is 10.8. The molecule has 0 fully saturated rings. The molecule has 1 aromatic carbocycles. The third-order valence-electron chi connectivity index (χ3n) is 4.39. The number of ether oxygens (including phenoxy) is 3. The van der Waals surface area contributed by atoms with Crippen LogP contribution in [-0.2, 0) is 20.1 Å². The SMILES string of the molecule is CN1C(=O)C2=CC(=O)C(C)(C)OC2(O)c2ccc3c(c21)OCO3. The van der Waals surface area contributed by atoms with E-state index in [0.717, 1.165) is 6.08 Å². The van der Waals surface area contributed by atoms with E-state index in [0.29, 0.717) is 22.7 Å². The molecular weight excluding hydrogens is 302 g/mol. The van der Waals surface area contributed by atoms with Crippen LogP contribution in [0.1, 0.15) is 19.4 Å². The first-order valence-corrected chi connectivity index (χ1v) is 7.16. The average Bonchev–Trinajstić information content (AvgIpc) is 2.95. The van der Waals surface area contributed by atoms with E-state index in [1.165, 1.54) is 4.90 Å². The molecule has 3 aliphatic rings. The molecule has 1 amide bonds. The van der Waals surface area contributed by atoms with E-state index in [1.54, 1.807) is 33.0 Å². The number of hydrogen-bond donors (Lipinski definition) is 1. The van der Waals surface area contributed by atoms with Gasteiger partial charge < -0.3 is 24.2 Å². The maximum Gasteiger partial charge on any atom is 0.260 e. The Kier molecular flexibility index (Phi) is 2.55. The number of amides is 1. The number of hydrogen-bond acceptors (Lipinski definition) is 6. The summed E-state index contributed by atoms with van der Waals surface area (Å²) >= 11 is 0. The molecule has 1 N–H and O–H groups in total. The van der Waals surface area contributed by atoms with Gasteiger partial charge in [-0.25, -0.2) is 0 Å². The second-order valence-corrected chi connectivity index (χ2v) is 6.24. The lowest BCUT2D eigenvalue weighted by Crippen LogP contribution is -2.55. The maximum atomic E-state index is 12.7. The average molecular weight is 317 g/mol. The monoisotopic (exact) mass is 317 g/mol. The number of aliphatic hydroxyl groups is 1. The van der Waals surface area contributed by atoms with Gasteiger partial charge in [-0.15, -0.1) is 0 Å². The maximum absolute atomic E-state index is 12.7. The van der Waals surface area contributed by atoms with E-state index in [-0.39, 0.29) is 18.1 Å². The van der Waals surface area contributed by atoms with Crippen LogP contribution in [-0.4, -0.2) is 36.2 Å². The van der Waals surface area contributed by atoms with Gasteiger partial charge in [0.15, 0.2) is 17.3 Å². The van der Waals surface area contributed by atoms with E-state index in [9.17, 15) is 14.7 Å². The van der Waals surface area contributed by atoms with E-state index < -0.39 is 17.3 Å². The van der Waals surface area contributed by atoms with Gasteiger partial charge in [0.05, 0.1) is 11.3 Å². The molecule has 0 spiro atoms. The lowest BCUT2D eigenvalue weighted by Gasteiger charge is -2.45. The third-order valence-corrected chi connectivity index (χ3v) is 4.39. The summed E-state index contributed by atoms with van der Waals surface area (Å²) in [5.74, 6) is -2.03. The van der Waals surface area contributed by atoms with Crippen molar-refractivity contribution in [2.75, 3.05) is 18.7 Å². The first-order valence-electron chi connectivity index (χ1n) is 7.16. The molecule has 3 heterocycles. The Morgan fingerprint density at radius 3 is 2.70 bits per heavy atom. The van der Waals surface area contributed by atoms with Crippen molar-refractivity contribution >= 4 is 17.4 Å². The second kappa shape index (κ2) is 4.12. The van der Waals surface area contributed by atoms with Gasteiger partial charge in [-0.3, -0.25) is 9.59 Å². The Morgan fingerprint density at radius 2 is 1.96 bits per heavy atom. The van der Waals surface area contributed by atoms with Crippen molar-refractivity contribution in [3.05, 3.63) is 29.3 Å². The molecule has 7 nitrogen and oxygen atoms in total. The quantitative estimate of drug-likeness (QED) is 0.763. The van der Waals surface area contributed by atoms with Gasteiger partial charge in [-0.2, -0.15) is 0 Å². The van der Waals surface area contributed by atoms with Crippen molar-refractivity contribution < 1.29 is 28.9 Å². The minimum atomic E-state index is -2.00. The molecule has 0 aromatic heterocycles. The molecule has 0 radical (unpaired) electrons. The topological polar surface area (TPSA) is 85.3 Å². The molecule has 1 atom stereocenters. The van der Waals surface area contributed by atoms with Gasteiger partial charge >= 0.3 is 0 Å². The zero-order valence-electron chi connectivity index (χ0n) is 12.9. The number of likely N-dealkylation sites (N-methyl/N-ethyl adjacent to an activating group) is 1. The van der Waals surface area contributed by atoms with Crippen molar-refractivity contribution in [3.63, 3.8) is 0 Å². The second-order valence-electron chi connectivity index (χ2n) is 6.24. The van der Waals surface area contributed by atoms with Crippen molar-refractivity contribution in [2.45, 2.75) is 25.2 Å². The summed E-state index contributed by atoms with van der Waals surface area (Å²) in [6, 6.07) is 3.26. The van der Waals surface area contributed by atoms with Crippen LogP contribution in [0.3, 0.4) is 0 Å². The van der Waals surface area contributed by atoms with Gasteiger partial charge in [0, 0.05) is 12.6 Å². The van der Waals surface area contributed by atoms with E-state index in [1.807, 2.05) is 0 Å². The Labute approximate surface area is 132 Å². The summed E-state index contributed by atoms with van der Waals surface area (Å²) in [7, 11) is 1.55. The highest BCUT2D eigenvalue weighted by molar-refractivity contribution is 6.15. The zero-order chi connectivity index (χ0) is 16.6. The predicted molar refractivity (Wildman–Crippen MR) is 78.1 cm³/mol. The highest BCUT2D eigenvalue weighted by atomic mass is 16.7. The Morgan fingerprint density at radius 1 is 1.22 bits per heavy atom. The number of rotatable bonds is 0. The van der Waals surface area contributed by atoms with Crippen LogP contribution in [0.15, 0.2) is 23.8 Å². The van der Waals surface area contributed by atoms with Gasteiger partial charge in [0.2, 0.25) is 12.6 Å². The Bertz CT molecular complexity index is 796. The van der Waals surface area contributed by atoms with Crippen LogP contribution in [0, 0.1) is 0 Å². The Balaban J connectivity index is 2.02. The smallest absolute Gasteiger partial charge is 0.260 e. The largest absolute Gasteiger partial charge is 0.454 e. The number of nitrogens with zero attached hydrogens (tertiary/aromatic N) is 1. The minimum Gasteiger partial charge on any atom is -0.454 e. The fourth-order valence-electron chi connectivity index (χ4n) is 3.13. The summed E-state index contributed by atoms with van der Waals surface area (Å²) < 4.78 is 16.4. The van der Waals surface area contributed by atoms with Crippen LogP contribution in [0.2, 0.25) is 0 Å². The summed E-state index contributed by atoms with van der Waals surface area (Å²) in [6.07, 6.45) is 1.16. The fraction of sp³-hybridized carbons (Fsp3) is 0.375. The molecule has 0 saturated heterocycles. The van der Waals surface area contributed by atoms with Gasteiger partial charge in [0.25, 0.3) is 5.91 Å². The molecule has 1 aromatic rings. The number of fused-ring (bicyclic) bond motifs is 5. The minimum absolute atomic E-state index is 0.0414. The van der Waals surface area contributed by atoms with Crippen LogP contribution < -0.4 is 14.4 Å². The summed E-state index contributed by atoms with van der Waals surface area (Å²) in [6.45, 7) is 3.14. The number of benzene rings is 1. The molecule has 4 rings (SSSR count). The molecule has 0 saturated carbocycles. The molecule has 1 unspecified atom stereocenters. The molecule has 23 heavy (non-hydrogen) atoms. The highest BCUT2D eigenvalue weighted by Gasteiger charge is 2.55. The van der Waals surface area contributed by atoms with E-state index >= 15 is 0 Å². The van der Waals surface area contributed by atoms with Gasteiger partial charge in [-0.05, 0) is 32.1 Å². The third kappa shape index (κ3) is 1.66. The zero-order valence-corrected chi connectivity index (χ0v) is 12.9. The normalized spacial score (nSPS) is 27.5. The van der Waals surface area contributed by atoms with E-state index in [2.05, 4.69) is 0 Å². The molecule has 3 aliphatic heterocycles. The van der Waals surface area contributed by atoms with Crippen molar-refractivity contribution in [3.8, 4) is 11.5 Å². The molecule has 0 aliphatic carbocycles. The molecule has 7 heteroatoms. The first kappa shape index (κ1) is 14.2. The summed E-state index contributed by atoms with van der Waals surface area (Å²) in [5.41, 5.74) is -0.622. The number of ketones is 1. The lowest BCUT2D eigenvalue weighted by molar-refractivity contribution is -0.242. The molecular formula is C16H15NO6. The van der Waals surface area contributed by atoms with Gasteiger partial charge in [-0.1, -0.05) is 0 Å². The molecule has 0 bridgehead atoms. The predicted octanol–water partition coefficient (Wildman–Crippen LogP) is 0.841. The number of carbonyl (C=O) groups excluding carboxylic acids is 2. The van der Waals surface area contributed by atoms with Gasteiger partial charge in [0.1, 0.15) is 5.60 Å². The van der Waals surface area contributed by atoms with Crippen molar-refractivity contribution in [2.24, 2.45) is 0 Å². The van der Waals surface area contributed by atoms with Crippen LogP contribution in [0.5, 0.6) is 11.5 Å². The lowest BCUT2D eigenvalue weighted by atomic mass is 9.83.